The Bertz CT molecular complexity index is 981. The molecule has 1 saturated heterocycles. The van der Waals surface area contributed by atoms with Gasteiger partial charge in [-0.15, -0.1) is 0 Å². The molecule has 0 spiro atoms. The van der Waals surface area contributed by atoms with E-state index < -0.39 is 0 Å². The summed E-state index contributed by atoms with van der Waals surface area (Å²) in [5.41, 5.74) is 3.56. The smallest absolute Gasteiger partial charge is 0.257 e. The van der Waals surface area contributed by atoms with Crippen molar-refractivity contribution in [2.45, 2.75) is 32.6 Å². The molecule has 1 aliphatic rings. The summed E-state index contributed by atoms with van der Waals surface area (Å²) in [5, 5.41) is 4.09. The van der Waals surface area contributed by atoms with Crippen molar-refractivity contribution in [2.24, 2.45) is 0 Å². The molecule has 0 aliphatic carbocycles. The third-order valence-corrected chi connectivity index (χ3v) is 4.99. The molecule has 1 aromatic heterocycles. The first kappa shape index (κ1) is 17.4. The maximum Gasteiger partial charge on any atom is 0.257 e. The number of carbonyl (C=O) groups excluding carboxylic acids is 1. The zero-order valence-corrected chi connectivity index (χ0v) is 15.3. The normalized spacial score (nSPS) is 16.9. The van der Waals surface area contributed by atoms with E-state index in [1.165, 1.54) is 17.7 Å². The van der Waals surface area contributed by atoms with Gasteiger partial charge in [-0.25, -0.2) is 4.39 Å². The standard InChI is InChI=1S/C21H20FN3O2/c1-3-14-4-6-15(7-5-14)21-23-20(24-27-21)16-11-19(26)25(12-16)18-9-8-17(22)10-13(18)2/h4-10,16H,3,11-12H2,1-2H3. The van der Waals surface area contributed by atoms with Crippen LogP contribution in [0.1, 0.15) is 36.2 Å². The van der Waals surface area contributed by atoms with Crippen LogP contribution in [0.3, 0.4) is 0 Å². The average molecular weight is 365 g/mol. The third kappa shape index (κ3) is 3.35. The highest BCUT2D eigenvalue weighted by Gasteiger charge is 2.35. The summed E-state index contributed by atoms with van der Waals surface area (Å²) in [6, 6.07) is 12.4. The Morgan fingerprint density at radius 3 is 2.70 bits per heavy atom. The highest BCUT2D eigenvalue weighted by molar-refractivity contribution is 5.97. The molecule has 2 heterocycles. The number of rotatable bonds is 4. The first-order valence-corrected chi connectivity index (χ1v) is 9.04. The van der Waals surface area contributed by atoms with E-state index in [1.807, 2.05) is 24.3 Å². The van der Waals surface area contributed by atoms with Gasteiger partial charge in [-0.2, -0.15) is 4.98 Å². The molecule has 0 N–H and O–H groups in total. The van der Waals surface area contributed by atoms with E-state index >= 15 is 0 Å². The molecule has 0 radical (unpaired) electrons. The molecule has 1 fully saturated rings. The fraction of sp³-hybridized carbons (Fsp3) is 0.286. The summed E-state index contributed by atoms with van der Waals surface area (Å²) in [6.45, 7) is 4.36. The van der Waals surface area contributed by atoms with Crippen LogP contribution in [-0.2, 0) is 11.2 Å². The number of halogens is 1. The van der Waals surface area contributed by atoms with Gasteiger partial charge in [0.25, 0.3) is 5.89 Å². The summed E-state index contributed by atoms with van der Waals surface area (Å²) < 4.78 is 18.8. The first-order chi connectivity index (χ1) is 13.0. The number of aryl methyl sites for hydroxylation is 2. The minimum absolute atomic E-state index is 0.0200. The van der Waals surface area contributed by atoms with Gasteiger partial charge in [-0.3, -0.25) is 4.79 Å². The summed E-state index contributed by atoms with van der Waals surface area (Å²) in [4.78, 5) is 18.7. The highest BCUT2D eigenvalue weighted by Crippen LogP contribution is 2.33. The molecule has 0 bridgehead atoms. The maximum absolute atomic E-state index is 13.3. The first-order valence-electron chi connectivity index (χ1n) is 9.04. The van der Waals surface area contributed by atoms with Gasteiger partial charge in [0.2, 0.25) is 5.91 Å². The molecule has 1 atom stereocenters. The van der Waals surface area contributed by atoms with Crippen LogP contribution in [0.4, 0.5) is 10.1 Å². The monoisotopic (exact) mass is 365 g/mol. The highest BCUT2D eigenvalue weighted by atomic mass is 19.1. The number of carbonyl (C=O) groups is 1. The lowest BCUT2D eigenvalue weighted by molar-refractivity contribution is -0.117. The van der Waals surface area contributed by atoms with Gasteiger partial charge in [-0.1, -0.05) is 24.2 Å². The number of amides is 1. The third-order valence-electron chi connectivity index (χ3n) is 4.99. The lowest BCUT2D eigenvalue weighted by Gasteiger charge is -2.18. The second-order valence-electron chi connectivity index (χ2n) is 6.84. The van der Waals surface area contributed by atoms with Crippen LogP contribution in [0.15, 0.2) is 47.0 Å². The molecule has 2 aromatic carbocycles. The van der Waals surface area contributed by atoms with Crippen LogP contribution in [0.5, 0.6) is 0 Å². The zero-order valence-electron chi connectivity index (χ0n) is 15.3. The second kappa shape index (κ2) is 6.95. The van der Waals surface area contributed by atoms with Crippen molar-refractivity contribution in [3.05, 3.63) is 65.2 Å². The van der Waals surface area contributed by atoms with Crippen LogP contribution in [-0.4, -0.2) is 22.6 Å². The summed E-state index contributed by atoms with van der Waals surface area (Å²) >= 11 is 0. The van der Waals surface area contributed by atoms with Crippen molar-refractivity contribution in [3.63, 3.8) is 0 Å². The van der Waals surface area contributed by atoms with E-state index in [0.29, 0.717) is 24.7 Å². The van der Waals surface area contributed by atoms with Crippen LogP contribution in [0, 0.1) is 12.7 Å². The van der Waals surface area contributed by atoms with Gasteiger partial charge in [-0.05, 0) is 54.8 Å². The van der Waals surface area contributed by atoms with Crippen molar-refractivity contribution < 1.29 is 13.7 Å². The minimum atomic E-state index is -0.309. The largest absolute Gasteiger partial charge is 0.334 e. The van der Waals surface area contributed by atoms with Crippen molar-refractivity contribution in [3.8, 4) is 11.5 Å². The number of nitrogens with zero attached hydrogens (tertiary/aromatic N) is 3. The fourth-order valence-corrected chi connectivity index (χ4v) is 3.44. The van der Waals surface area contributed by atoms with Gasteiger partial charge in [0.05, 0.1) is 0 Å². The van der Waals surface area contributed by atoms with E-state index in [2.05, 4.69) is 17.1 Å². The molecule has 1 aliphatic heterocycles. The fourth-order valence-electron chi connectivity index (χ4n) is 3.44. The molecule has 1 amide bonds. The quantitative estimate of drug-likeness (QED) is 0.693. The van der Waals surface area contributed by atoms with Crippen LogP contribution in [0.2, 0.25) is 0 Å². The molecule has 3 aromatic rings. The Labute approximate surface area is 156 Å². The predicted molar refractivity (Wildman–Crippen MR) is 100.0 cm³/mol. The van der Waals surface area contributed by atoms with Crippen molar-refractivity contribution in [1.29, 1.82) is 0 Å². The Balaban J connectivity index is 1.54. The molecule has 5 nitrogen and oxygen atoms in total. The van der Waals surface area contributed by atoms with E-state index in [0.717, 1.165) is 23.2 Å². The number of hydrogen-bond donors (Lipinski definition) is 0. The summed E-state index contributed by atoms with van der Waals surface area (Å²) in [5.74, 6) is 0.510. The Hall–Kier alpha value is -3.02. The average Bonchev–Trinajstić information content (AvgIpc) is 3.29. The van der Waals surface area contributed by atoms with Gasteiger partial charge in [0.1, 0.15) is 5.82 Å². The van der Waals surface area contributed by atoms with E-state index in [-0.39, 0.29) is 17.6 Å². The molecule has 4 rings (SSSR count). The van der Waals surface area contributed by atoms with Crippen molar-refractivity contribution in [1.82, 2.24) is 10.1 Å². The lowest BCUT2D eigenvalue weighted by atomic mass is 10.1. The molecular weight excluding hydrogens is 345 g/mol. The molecule has 27 heavy (non-hydrogen) atoms. The minimum Gasteiger partial charge on any atom is -0.334 e. The van der Waals surface area contributed by atoms with Crippen molar-refractivity contribution in [2.75, 3.05) is 11.4 Å². The van der Waals surface area contributed by atoms with Gasteiger partial charge >= 0.3 is 0 Å². The molecule has 6 heteroatoms. The Morgan fingerprint density at radius 2 is 2.00 bits per heavy atom. The predicted octanol–water partition coefficient (Wildman–Crippen LogP) is 4.27. The van der Waals surface area contributed by atoms with Crippen LogP contribution < -0.4 is 4.90 Å². The van der Waals surface area contributed by atoms with E-state index in [4.69, 9.17) is 4.52 Å². The second-order valence-corrected chi connectivity index (χ2v) is 6.84. The van der Waals surface area contributed by atoms with Crippen LogP contribution in [0.25, 0.3) is 11.5 Å². The topological polar surface area (TPSA) is 59.2 Å². The number of hydrogen-bond acceptors (Lipinski definition) is 4. The van der Waals surface area contributed by atoms with Gasteiger partial charge in [0.15, 0.2) is 5.82 Å². The van der Waals surface area contributed by atoms with Crippen LogP contribution >= 0.6 is 0 Å². The SMILES string of the molecule is CCc1ccc(-c2nc(C3CC(=O)N(c4ccc(F)cc4C)C3)no2)cc1. The maximum atomic E-state index is 13.3. The lowest BCUT2D eigenvalue weighted by Crippen LogP contribution is -2.25. The van der Waals surface area contributed by atoms with Gasteiger partial charge in [0, 0.05) is 30.1 Å². The van der Waals surface area contributed by atoms with E-state index in [9.17, 15) is 9.18 Å². The number of anilines is 1. The van der Waals surface area contributed by atoms with Crippen molar-refractivity contribution >= 4 is 11.6 Å². The molecule has 1 unspecified atom stereocenters. The van der Waals surface area contributed by atoms with Gasteiger partial charge < -0.3 is 9.42 Å². The zero-order chi connectivity index (χ0) is 19.0. The molecule has 0 saturated carbocycles. The molecular formula is C21H20FN3O2. The number of aromatic nitrogens is 2. The Morgan fingerprint density at radius 1 is 1.22 bits per heavy atom. The summed E-state index contributed by atoms with van der Waals surface area (Å²) in [6.07, 6.45) is 1.28. The summed E-state index contributed by atoms with van der Waals surface area (Å²) in [7, 11) is 0. The molecule has 138 valence electrons. The Kier molecular flexibility index (Phi) is 4.48. The number of benzene rings is 2. The van der Waals surface area contributed by atoms with E-state index in [1.54, 1.807) is 17.9 Å².